The predicted octanol–water partition coefficient (Wildman–Crippen LogP) is 2.80. The van der Waals surface area contributed by atoms with Crippen LogP contribution in [0.1, 0.15) is 30.6 Å². The van der Waals surface area contributed by atoms with Crippen LogP contribution in [-0.4, -0.2) is 50.7 Å². The van der Waals surface area contributed by atoms with E-state index in [1.807, 2.05) is 56.3 Å². The van der Waals surface area contributed by atoms with Crippen LogP contribution in [0.5, 0.6) is 0 Å². The van der Waals surface area contributed by atoms with Gasteiger partial charge in [0, 0.05) is 12.1 Å². The van der Waals surface area contributed by atoms with Gasteiger partial charge in [-0.05, 0) is 35.6 Å². The van der Waals surface area contributed by atoms with Crippen LogP contribution in [-0.2, 0) is 19.1 Å². The number of esters is 2. The number of rotatable bonds is 10. The smallest absolute Gasteiger partial charge is 0.324 e. The van der Waals surface area contributed by atoms with Crippen molar-refractivity contribution in [1.29, 1.82) is 0 Å². The van der Waals surface area contributed by atoms with Crippen molar-refractivity contribution in [1.82, 2.24) is 10.6 Å². The minimum atomic E-state index is -0.889. The highest BCUT2D eigenvalue weighted by molar-refractivity contribution is 5.95. The zero-order valence-electron chi connectivity index (χ0n) is 18.4. The van der Waals surface area contributed by atoms with Crippen molar-refractivity contribution in [2.24, 2.45) is 5.92 Å². The molecule has 2 aromatic carbocycles. The first-order valence-corrected chi connectivity index (χ1v) is 10.2. The van der Waals surface area contributed by atoms with Crippen molar-refractivity contribution in [3.8, 4) is 11.1 Å². The molecule has 166 valence electrons. The Morgan fingerprint density at radius 1 is 0.806 bits per heavy atom. The van der Waals surface area contributed by atoms with Crippen LogP contribution in [0, 0.1) is 5.92 Å². The molecule has 7 nitrogen and oxygen atoms in total. The summed E-state index contributed by atoms with van der Waals surface area (Å²) in [6.07, 6.45) is 0.481. The van der Waals surface area contributed by atoms with Gasteiger partial charge in [0.15, 0.2) is 0 Å². The molecule has 0 spiro atoms. The number of methoxy groups -OCH3 is 2. The van der Waals surface area contributed by atoms with Gasteiger partial charge >= 0.3 is 11.9 Å². The molecule has 0 saturated carbocycles. The van der Waals surface area contributed by atoms with Crippen LogP contribution < -0.4 is 10.6 Å². The van der Waals surface area contributed by atoms with E-state index in [0.29, 0.717) is 12.0 Å². The first-order chi connectivity index (χ1) is 14.8. The van der Waals surface area contributed by atoms with Crippen molar-refractivity contribution >= 4 is 17.8 Å². The first-order valence-electron chi connectivity index (χ1n) is 10.2. The Bertz CT molecular complexity index is 865. The van der Waals surface area contributed by atoms with Crippen LogP contribution in [0.4, 0.5) is 0 Å². The third-order valence-electron chi connectivity index (χ3n) is 4.80. The van der Waals surface area contributed by atoms with Gasteiger partial charge in [-0.25, -0.2) is 0 Å². The highest BCUT2D eigenvalue weighted by Crippen LogP contribution is 2.19. The second kappa shape index (κ2) is 11.9. The highest BCUT2D eigenvalue weighted by Gasteiger charge is 2.28. The summed E-state index contributed by atoms with van der Waals surface area (Å²) in [4.78, 5) is 36.9. The molecule has 0 bridgehead atoms. The Labute approximate surface area is 183 Å². The predicted molar refractivity (Wildman–Crippen MR) is 118 cm³/mol. The largest absolute Gasteiger partial charge is 0.468 e. The molecule has 1 amide bonds. The lowest BCUT2D eigenvalue weighted by molar-refractivity contribution is -0.146. The van der Waals surface area contributed by atoms with Crippen LogP contribution in [0.3, 0.4) is 0 Å². The van der Waals surface area contributed by atoms with E-state index in [2.05, 4.69) is 10.6 Å². The summed E-state index contributed by atoms with van der Waals surface area (Å²) in [6, 6.07) is 15.5. The van der Waals surface area contributed by atoms with Gasteiger partial charge in [0.05, 0.1) is 14.2 Å². The Morgan fingerprint density at radius 2 is 1.35 bits per heavy atom. The second-order valence-corrected chi connectivity index (χ2v) is 7.60. The summed E-state index contributed by atoms with van der Waals surface area (Å²) in [5.41, 5.74) is 2.53. The fourth-order valence-corrected chi connectivity index (χ4v) is 3.18. The molecule has 0 aliphatic heterocycles. The molecule has 2 aromatic rings. The maximum Gasteiger partial charge on any atom is 0.324 e. The second-order valence-electron chi connectivity index (χ2n) is 7.60. The molecular weight excluding hydrogens is 396 g/mol. The number of ether oxygens (including phenoxy) is 2. The lowest BCUT2D eigenvalue weighted by Gasteiger charge is -2.24. The Hall–Kier alpha value is -3.19. The number of hydrogen-bond donors (Lipinski definition) is 2. The maximum absolute atomic E-state index is 12.6. The normalized spacial score (nSPS) is 12.7. The molecule has 0 aliphatic rings. The highest BCUT2D eigenvalue weighted by atomic mass is 16.5. The quantitative estimate of drug-likeness (QED) is 0.568. The van der Waals surface area contributed by atoms with Crippen molar-refractivity contribution in [2.75, 3.05) is 20.8 Å². The molecule has 7 heteroatoms. The molecular formula is C24H30N2O5. The van der Waals surface area contributed by atoms with Gasteiger partial charge < -0.3 is 14.8 Å². The number of nitrogens with one attached hydrogen (secondary N) is 2. The molecule has 0 aromatic heterocycles. The van der Waals surface area contributed by atoms with Gasteiger partial charge in [-0.3, -0.25) is 19.7 Å². The van der Waals surface area contributed by atoms with Crippen molar-refractivity contribution < 1.29 is 23.9 Å². The summed E-state index contributed by atoms with van der Waals surface area (Å²) in [6.45, 7) is 3.90. The standard InChI is InChI=1S/C24H30N2O5/c1-16(2)14-20(23(28)30-3)26-21(24(29)31-4)15-25-22(27)19-12-10-18(11-13-19)17-8-6-5-7-9-17/h5-13,16,20-21,26H,14-15H2,1-4H3,(H,25,27). The third kappa shape index (κ3) is 7.22. The summed E-state index contributed by atoms with van der Waals surface area (Å²) in [5.74, 6) is -1.16. The molecule has 2 rings (SSSR count). The van der Waals surface area contributed by atoms with Crippen LogP contribution in [0.25, 0.3) is 11.1 Å². The summed E-state index contributed by atoms with van der Waals surface area (Å²) in [5, 5.41) is 5.70. The first kappa shape index (κ1) is 24.1. The van der Waals surface area contributed by atoms with Crippen molar-refractivity contribution in [2.45, 2.75) is 32.4 Å². The molecule has 0 radical (unpaired) electrons. The Balaban J connectivity index is 2.04. The maximum atomic E-state index is 12.6. The van der Waals surface area contributed by atoms with Crippen molar-refractivity contribution in [3.05, 3.63) is 60.2 Å². The molecule has 2 unspecified atom stereocenters. The van der Waals surface area contributed by atoms with Crippen LogP contribution in [0.15, 0.2) is 54.6 Å². The van der Waals surface area contributed by atoms with E-state index in [4.69, 9.17) is 9.47 Å². The fourth-order valence-electron chi connectivity index (χ4n) is 3.18. The minimum Gasteiger partial charge on any atom is -0.468 e. The zero-order valence-corrected chi connectivity index (χ0v) is 18.4. The average Bonchev–Trinajstić information content (AvgIpc) is 2.80. The summed E-state index contributed by atoms with van der Waals surface area (Å²) >= 11 is 0. The SMILES string of the molecule is COC(=O)C(CNC(=O)c1ccc(-c2ccccc2)cc1)NC(CC(C)C)C(=O)OC. The average molecular weight is 427 g/mol. The molecule has 31 heavy (non-hydrogen) atoms. The van der Waals surface area contributed by atoms with Gasteiger partial charge in [0.1, 0.15) is 12.1 Å². The fraction of sp³-hybridized carbons (Fsp3) is 0.375. The third-order valence-corrected chi connectivity index (χ3v) is 4.80. The number of benzene rings is 2. The van der Waals surface area contributed by atoms with Crippen LogP contribution in [0.2, 0.25) is 0 Å². The van der Waals surface area contributed by atoms with E-state index in [0.717, 1.165) is 11.1 Å². The molecule has 2 atom stereocenters. The lowest BCUT2D eigenvalue weighted by atomic mass is 10.0. The zero-order chi connectivity index (χ0) is 22.8. The van der Waals surface area contributed by atoms with E-state index in [1.54, 1.807) is 12.1 Å². The Morgan fingerprint density at radius 3 is 1.90 bits per heavy atom. The number of carbonyl (C=O) groups excluding carboxylic acids is 3. The molecule has 0 fully saturated rings. The Kier molecular flexibility index (Phi) is 9.21. The van der Waals surface area contributed by atoms with Crippen LogP contribution >= 0.6 is 0 Å². The topological polar surface area (TPSA) is 93.7 Å². The van der Waals surface area contributed by atoms with E-state index in [1.165, 1.54) is 14.2 Å². The van der Waals surface area contributed by atoms with Gasteiger partial charge in [-0.1, -0.05) is 56.3 Å². The number of amides is 1. The molecule has 0 saturated heterocycles. The van der Waals surface area contributed by atoms with Gasteiger partial charge in [-0.2, -0.15) is 0 Å². The minimum absolute atomic E-state index is 0.0302. The monoisotopic (exact) mass is 426 g/mol. The molecule has 0 heterocycles. The van der Waals surface area contributed by atoms with Gasteiger partial charge in [0.25, 0.3) is 5.91 Å². The number of hydrogen-bond acceptors (Lipinski definition) is 6. The van der Waals surface area contributed by atoms with E-state index in [9.17, 15) is 14.4 Å². The van der Waals surface area contributed by atoms with Gasteiger partial charge in [0.2, 0.25) is 0 Å². The molecule has 0 aliphatic carbocycles. The molecule has 2 N–H and O–H groups in total. The van der Waals surface area contributed by atoms with E-state index in [-0.39, 0.29) is 18.4 Å². The van der Waals surface area contributed by atoms with E-state index < -0.39 is 24.0 Å². The summed E-state index contributed by atoms with van der Waals surface area (Å²) in [7, 11) is 2.56. The number of carbonyl (C=O) groups is 3. The summed E-state index contributed by atoms with van der Waals surface area (Å²) < 4.78 is 9.66. The van der Waals surface area contributed by atoms with Crippen molar-refractivity contribution in [3.63, 3.8) is 0 Å². The lowest BCUT2D eigenvalue weighted by Crippen LogP contribution is -2.53. The van der Waals surface area contributed by atoms with Gasteiger partial charge in [-0.15, -0.1) is 0 Å². The van der Waals surface area contributed by atoms with E-state index >= 15 is 0 Å².